The van der Waals surface area contributed by atoms with E-state index in [-0.39, 0.29) is 0 Å². The second-order valence-electron chi connectivity index (χ2n) is 4.95. The average Bonchev–Trinajstić information content (AvgIpc) is 2.38. The molecular weight excluding hydrogens is 218 g/mol. The molecule has 0 spiro atoms. The Balaban J connectivity index is 2.14. The van der Waals surface area contributed by atoms with Crippen LogP contribution in [-0.2, 0) is 12.8 Å². The zero-order valence-corrected chi connectivity index (χ0v) is 11.5. The summed E-state index contributed by atoms with van der Waals surface area (Å²) in [6, 6.07) is 17.3. The molecule has 18 heavy (non-hydrogen) atoms. The van der Waals surface area contributed by atoms with Gasteiger partial charge in [-0.1, -0.05) is 42.5 Å². The highest BCUT2D eigenvalue weighted by Crippen LogP contribution is 2.20. The number of nitrogens with zero attached hydrogens (tertiary/aromatic N) is 1. The van der Waals surface area contributed by atoms with Crippen molar-refractivity contribution in [1.82, 2.24) is 0 Å². The molecule has 0 aliphatic heterocycles. The van der Waals surface area contributed by atoms with Crippen molar-refractivity contribution in [3.63, 3.8) is 0 Å². The maximum Gasteiger partial charge on any atom is 0.0393 e. The van der Waals surface area contributed by atoms with E-state index >= 15 is 0 Å². The van der Waals surface area contributed by atoms with E-state index in [0.717, 1.165) is 12.8 Å². The number of anilines is 1. The summed E-state index contributed by atoms with van der Waals surface area (Å²) in [5.41, 5.74) is 5.59. The van der Waals surface area contributed by atoms with E-state index in [4.69, 9.17) is 0 Å². The lowest BCUT2D eigenvalue weighted by Gasteiger charge is -2.17. The lowest BCUT2D eigenvalue weighted by molar-refractivity contribution is 0.937. The van der Waals surface area contributed by atoms with Gasteiger partial charge in [0.1, 0.15) is 0 Å². The molecule has 0 aromatic heterocycles. The molecule has 0 aliphatic carbocycles. The van der Waals surface area contributed by atoms with Crippen molar-refractivity contribution in [2.24, 2.45) is 0 Å². The van der Waals surface area contributed by atoms with Gasteiger partial charge in [-0.05, 0) is 42.5 Å². The van der Waals surface area contributed by atoms with Crippen LogP contribution in [0.5, 0.6) is 0 Å². The van der Waals surface area contributed by atoms with E-state index < -0.39 is 0 Å². The van der Waals surface area contributed by atoms with Gasteiger partial charge in [-0.3, -0.25) is 0 Å². The third-order valence-electron chi connectivity index (χ3n) is 3.40. The monoisotopic (exact) mass is 239 g/mol. The zero-order chi connectivity index (χ0) is 13.0. The van der Waals surface area contributed by atoms with Gasteiger partial charge in [-0.15, -0.1) is 0 Å². The molecule has 0 aliphatic rings. The van der Waals surface area contributed by atoms with Crippen LogP contribution in [0.2, 0.25) is 0 Å². The standard InChI is InChI=1S/C17H21N/c1-14-8-4-5-9-15(14)12-13-16-10-6-7-11-17(16)18(2)3/h4-11H,12-13H2,1-3H3. The van der Waals surface area contributed by atoms with Crippen LogP contribution in [0.15, 0.2) is 48.5 Å². The predicted molar refractivity (Wildman–Crippen MR) is 79.4 cm³/mol. The molecule has 2 rings (SSSR count). The van der Waals surface area contributed by atoms with Crippen molar-refractivity contribution in [3.8, 4) is 0 Å². The maximum atomic E-state index is 2.23. The summed E-state index contributed by atoms with van der Waals surface area (Å²) >= 11 is 0. The Hall–Kier alpha value is -1.76. The Morgan fingerprint density at radius 1 is 0.778 bits per heavy atom. The molecular formula is C17H21N. The van der Waals surface area contributed by atoms with Gasteiger partial charge in [0.15, 0.2) is 0 Å². The normalized spacial score (nSPS) is 10.4. The topological polar surface area (TPSA) is 3.24 Å². The lowest BCUT2D eigenvalue weighted by Crippen LogP contribution is -2.11. The molecule has 2 aromatic carbocycles. The van der Waals surface area contributed by atoms with E-state index in [0.29, 0.717) is 0 Å². The molecule has 0 unspecified atom stereocenters. The van der Waals surface area contributed by atoms with Gasteiger partial charge in [-0.25, -0.2) is 0 Å². The molecule has 0 radical (unpaired) electrons. The zero-order valence-electron chi connectivity index (χ0n) is 11.5. The van der Waals surface area contributed by atoms with Crippen molar-refractivity contribution in [1.29, 1.82) is 0 Å². The van der Waals surface area contributed by atoms with Crippen molar-refractivity contribution < 1.29 is 0 Å². The number of benzene rings is 2. The first-order valence-corrected chi connectivity index (χ1v) is 6.48. The van der Waals surface area contributed by atoms with Gasteiger partial charge >= 0.3 is 0 Å². The third kappa shape index (κ3) is 2.92. The Kier molecular flexibility index (Phi) is 4.03. The van der Waals surface area contributed by atoms with E-state index in [9.17, 15) is 0 Å². The molecule has 0 saturated heterocycles. The van der Waals surface area contributed by atoms with E-state index in [1.54, 1.807) is 0 Å². The molecule has 0 fully saturated rings. The first kappa shape index (κ1) is 12.7. The number of aryl methyl sites for hydroxylation is 3. The van der Waals surface area contributed by atoms with E-state index in [2.05, 4.69) is 74.4 Å². The number of rotatable bonds is 4. The molecule has 2 aromatic rings. The first-order valence-electron chi connectivity index (χ1n) is 6.48. The molecule has 0 bridgehead atoms. The fourth-order valence-electron chi connectivity index (χ4n) is 2.32. The van der Waals surface area contributed by atoms with Crippen molar-refractivity contribution in [2.75, 3.05) is 19.0 Å². The predicted octanol–water partition coefficient (Wildman–Crippen LogP) is 3.85. The van der Waals surface area contributed by atoms with Gasteiger partial charge in [0.05, 0.1) is 0 Å². The maximum absolute atomic E-state index is 2.23. The second kappa shape index (κ2) is 5.72. The van der Waals surface area contributed by atoms with Crippen LogP contribution in [0.4, 0.5) is 5.69 Å². The Morgan fingerprint density at radius 3 is 2.00 bits per heavy atom. The van der Waals surface area contributed by atoms with Gasteiger partial charge in [0, 0.05) is 19.8 Å². The lowest BCUT2D eigenvalue weighted by atomic mass is 9.99. The van der Waals surface area contributed by atoms with Crippen LogP contribution >= 0.6 is 0 Å². The molecule has 0 amide bonds. The second-order valence-corrected chi connectivity index (χ2v) is 4.95. The molecule has 0 saturated carbocycles. The quantitative estimate of drug-likeness (QED) is 0.783. The van der Waals surface area contributed by atoms with Gasteiger partial charge in [0.25, 0.3) is 0 Å². The van der Waals surface area contributed by atoms with E-state index in [1.807, 2.05) is 0 Å². The summed E-state index contributed by atoms with van der Waals surface area (Å²) in [6.45, 7) is 2.19. The minimum absolute atomic E-state index is 1.10. The highest BCUT2D eigenvalue weighted by molar-refractivity contribution is 5.52. The summed E-state index contributed by atoms with van der Waals surface area (Å²) < 4.78 is 0. The Morgan fingerprint density at radius 2 is 1.33 bits per heavy atom. The van der Waals surface area contributed by atoms with Crippen LogP contribution in [-0.4, -0.2) is 14.1 Å². The van der Waals surface area contributed by atoms with Gasteiger partial charge in [0.2, 0.25) is 0 Å². The van der Waals surface area contributed by atoms with Crippen molar-refractivity contribution in [2.45, 2.75) is 19.8 Å². The number of hydrogen-bond donors (Lipinski definition) is 0. The fraction of sp³-hybridized carbons (Fsp3) is 0.294. The molecule has 94 valence electrons. The van der Waals surface area contributed by atoms with Crippen molar-refractivity contribution >= 4 is 5.69 Å². The number of para-hydroxylation sites is 1. The highest BCUT2D eigenvalue weighted by atomic mass is 15.1. The largest absolute Gasteiger partial charge is 0.377 e. The molecule has 0 atom stereocenters. The Bertz CT molecular complexity index is 515. The first-order chi connectivity index (χ1) is 8.68. The fourth-order valence-corrected chi connectivity index (χ4v) is 2.32. The van der Waals surface area contributed by atoms with Gasteiger partial charge in [-0.2, -0.15) is 0 Å². The van der Waals surface area contributed by atoms with Crippen LogP contribution in [0.25, 0.3) is 0 Å². The molecule has 1 nitrogen and oxygen atoms in total. The average molecular weight is 239 g/mol. The van der Waals surface area contributed by atoms with E-state index in [1.165, 1.54) is 22.4 Å². The number of hydrogen-bond acceptors (Lipinski definition) is 1. The summed E-state index contributed by atoms with van der Waals surface area (Å²) in [6.07, 6.45) is 2.21. The molecule has 0 heterocycles. The summed E-state index contributed by atoms with van der Waals surface area (Å²) in [5.74, 6) is 0. The smallest absolute Gasteiger partial charge is 0.0393 e. The van der Waals surface area contributed by atoms with Crippen LogP contribution in [0.3, 0.4) is 0 Å². The summed E-state index contributed by atoms with van der Waals surface area (Å²) in [5, 5.41) is 0. The minimum Gasteiger partial charge on any atom is -0.377 e. The Labute approximate surface area is 110 Å². The van der Waals surface area contributed by atoms with Crippen LogP contribution in [0.1, 0.15) is 16.7 Å². The van der Waals surface area contributed by atoms with Gasteiger partial charge < -0.3 is 4.90 Å². The SMILES string of the molecule is Cc1ccccc1CCc1ccccc1N(C)C. The van der Waals surface area contributed by atoms with Crippen molar-refractivity contribution in [3.05, 3.63) is 65.2 Å². The minimum atomic E-state index is 1.10. The molecule has 1 heteroatoms. The van der Waals surface area contributed by atoms with Crippen LogP contribution in [0, 0.1) is 6.92 Å². The highest BCUT2D eigenvalue weighted by Gasteiger charge is 2.04. The summed E-state index contributed by atoms with van der Waals surface area (Å²) in [7, 11) is 4.21. The van der Waals surface area contributed by atoms with Crippen LogP contribution < -0.4 is 4.90 Å². The third-order valence-corrected chi connectivity index (χ3v) is 3.40. The summed E-state index contributed by atoms with van der Waals surface area (Å²) in [4.78, 5) is 2.19. The molecule has 0 N–H and O–H groups in total.